The first-order chi connectivity index (χ1) is 12.5. The van der Waals surface area contributed by atoms with Gasteiger partial charge in [0.2, 0.25) is 0 Å². The topological polar surface area (TPSA) is 25.8 Å². The maximum absolute atomic E-state index is 6.12. The molecule has 26 heavy (non-hydrogen) atoms. The quantitative estimate of drug-likeness (QED) is 0.739. The lowest BCUT2D eigenvalue weighted by Crippen LogP contribution is -2.85. The zero-order valence-corrected chi connectivity index (χ0v) is 17.5. The fourth-order valence-corrected chi connectivity index (χ4v) is 4.98. The van der Waals surface area contributed by atoms with Crippen molar-refractivity contribution >= 4 is 11.3 Å². The third-order valence-electron chi connectivity index (χ3n) is 6.05. The minimum absolute atomic E-state index is 0.257. The summed E-state index contributed by atoms with van der Waals surface area (Å²) in [6.45, 7) is 11.1. The standard InChI is InChI=1S/C23H33NOS/c1-17(2)21-16-23(12-14-25-21,20-9-7-18(3)8-10-20)11-13-24-19(4)22-6-5-15-26-22/h5-10,15,17,19,21,24H,11-14,16H2,1-4H3/p+1/t19-,21+,23+/m0/s1. The summed E-state index contributed by atoms with van der Waals surface area (Å²) >= 11 is 1.87. The van der Waals surface area contributed by atoms with Gasteiger partial charge in [-0.05, 0) is 49.6 Å². The normalized spacial score (nSPS) is 24.7. The van der Waals surface area contributed by atoms with E-state index in [2.05, 4.69) is 74.8 Å². The molecule has 1 fully saturated rings. The van der Waals surface area contributed by atoms with Crippen molar-refractivity contribution < 1.29 is 10.1 Å². The number of rotatable bonds is 7. The molecule has 1 saturated heterocycles. The Morgan fingerprint density at radius 1 is 1.19 bits per heavy atom. The van der Waals surface area contributed by atoms with Crippen LogP contribution in [-0.2, 0) is 10.2 Å². The van der Waals surface area contributed by atoms with E-state index in [0.29, 0.717) is 18.1 Å². The molecule has 3 heteroatoms. The SMILES string of the molecule is Cc1ccc([C@]2(CC[NH2+][C@@H](C)c3cccs3)CCO[C@@H](C(C)C)C2)cc1. The molecule has 2 aromatic rings. The van der Waals surface area contributed by atoms with Gasteiger partial charge in [0.1, 0.15) is 6.04 Å². The minimum atomic E-state index is 0.257. The van der Waals surface area contributed by atoms with Crippen LogP contribution in [0.4, 0.5) is 0 Å². The van der Waals surface area contributed by atoms with Crippen molar-refractivity contribution in [2.24, 2.45) is 5.92 Å². The van der Waals surface area contributed by atoms with Crippen LogP contribution >= 0.6 is 11.3 Å². The summed E-state index contributed by atoms with van der Waals surface area (Å²) in [5, 5.41) is 4.70. The zero-order chi connectivity index (χ0) is 18.6. The van der Waals surface area contributed by atoms with Crippen molar-refractivity contribution in [2.75, 3.05) is 13.2 Å². The Kier molecular flexibility index (Phi) is 6.55. The number of thiophene rings is 1. The van der Waals surface area contributed by atoms with Gasteiger partial charge in [-0.3, -0.25) is 0 Å². The van der Waals surface area contributed by atoms with Crippen LogP contribution < -0.4 is 5.32 Å². The Hall–Kier alpha value is -1.16. The molecule has 0 unspecified atom stereocenters. The highest BCUT2D eigenvalue weighted by Crippen LogP contribution is 2.41. The average Bonchev–Trinajstić information content (AvgIpc) is 3.17. The molecular weight excluding hydrogens is 338 g/mol. The number of ether oxygens (including phenoxy) is 1. The molecule has 1 aliphatic rings. The maximum atomic E-state index is 6.12. The Bertz CT molecular complexity index is 664. The fourth-order valence-electron chi connectivity index (χ4n) is 4.20. The lowest BCUT2D eigenvalue weighted by atomic mass is 9.68. The van der Waals surface area contributed by atoms with Gasteiger partial charge in [0, 0.05) is 18.4 Å². The van der Waals surface area contributed by atoms with E-state index in [4.69, 9.17) is 4.74 Å². The van der Waals surface area contributed by atoms with E-state index < -0.39 is 0 Å². The van der Waals surface area contributed by atoms with Gasteiger partial charge in [-0.25, -0.2) is 0 Å². The molecule has 142 valence electrons. The Morgan fingerprint density at radius 2 is 1.96 bits per heavy atom. The number of hydrogen-bond donors (Lipinski definition) is 1. The first-order valence-electron chi connectivity index (χ1n) is 10.1. The van der Waals surface area contributed by atoms with Crippen LogP contribution in [0.3, 0.4) is 0 Å². The molecule has 0 spiro atoms. The van der Waals surface area contributed by atoms with Crippen LogP contribution in [0, 0.1) is 12.8 Å². The van der Waals surface area contributed by atoms with Crippen LogP contribution in [0.1, 0.15) is 62.1 Å². The summed E-state index contributed by atoms with van der Waals surface area (Å²) < 4.78 is 6.12. The molecule has 1 aromatic heterocycles. The van der Waals surface area contributed by atoms with Crippen molar-refractivity contribution in [1.82, 2.24) is 0 Å². The van der Waals surface area contributed by atoms with Gasteiger partial charge in [0.25, 0.3) is 0 Å². The third kappa shape index (κ3) is 4.57. The van der Waals surface area contributed by atoms with Crippen molar-refractivity contribution in [3.8, 4) is 0 Å². The lowest BCUT2D eigenvalue weighted by molar-refractivity contribution is -0.693. The molecule has 2 N–H and O–H groups in total. The van der Waals surface area contributed by atoms with Crippen molar-refractivity contribution in [2.45, 2.75) is 64.5 Å². The van der Waals surface area contributed by atoms with E-state index in [1.807, 2.05) is 11.3 Å². The smallest absolute Gasteiger partial charge is 0.118 e. The molecule has 0 bridgehead atoms. The largest absolute Gasteiger partial charge is 0.378 e. The number of nitrogens with two attached hydrogens (primary N) is 1. The maximum Gasteiger partial charge on any atom is 0.118 e. The summed E-state index contributed by atoms with van der Waals surface area (Å²) in [4.78, 5) is 1.47. The number of quaternary nitrogens is 1. The van der Waals surface area contributed by atoms with Crippen LogP contribution in [0.15, 0.2) is 41.8 Å². The lowest BCUT2D eigenvalue weighted by Gasteiger charge is -2.42. The van der Waals surface area contributed by atoms with E-state index in [-0.39, 0.29) is 5.41 Å². The Balaban J connectivity index is 1.73. The number of benzene rings is 1. The fraction of sp³-hybridized carbons (Fsp3) is 0.565. The first-order valence-corrected chi connectivity index (χ1v) is 10.9. The highest BCUT2D eigenvalue weighted by molar-refractivity contribution is 7.10. The van der Waals surface area contributed by atoms with Crippen LogP contribution in [-0.4, -0.2) is 19.3 Å². The highest BCUT2D eigenvalue weighted by Gasteiger charge is 2.39. The van der Waals surface area contributed by atoms with Gasteiger partial charge in [-0.2, -0.15) is 0 Å². The number of aryl methyl sites for hydroxylation is 1. The van der Waals surface area contributed by atoms with E-state index in [0.717, 1.165) is 26.0 Å². The predicted molar refractivity (Wildman–Crippen MR) is 111 cm³/mol. The summed E-state index contributed by atoms with van der Waals surface area (Å²) in [6.07, 6.45) is 3.88. The van der Waals surface area contributed by atoms with E-state index in [1.165, 1.54) is 22.4 Å². The summed E-state index contributed by atoms with van der Waals surface area (Å²) in [5.74, 6) is 0.578. The predicted octanol–water partition coefficient (Wildman–Crippen LogP) is 4.84. The van der Waals surface area contributed by atoms with Gasteiger partial charge < -0.3 is 10.1 Å². The summed E-state index contributed by atoms with van der Waals surface area (Å²) in [5.41, 5.74) is 3.11. The Labute approximate surface area is 163 Å². The summed E-state index contributed by atoms with van der Waals surface area (Å²) in [6, 6.07) is 14.2. The van der Waals surface area contributed by atoms with E-state index in [9.17, 15) is 0 Å². The second-order valence-corrected chi connectivity index (χ2v) is 9.31. The van der Waals surface area contributed by atoms with Crippen molar-refractivity contribution in [1.29, 1.82) is 0 Å². The van der Waals surface area contributed by atoms with Gasteiger partial charge in [0.05, 0.1) is 17.5 Å². The molecule has 1 aromatic carbocycles. The van der Waals surface area contributed by atoms with Gasteiger partial charge in [0.15, 0.2) is 0 Å². The molecule has 0 radical (unpaired) electrons. The molecule has 0 saturated carbocycles. The second kappa shape index (κ2) is 8.69. The first kappa shape index (κ1) is 19.6. The molecule has 0 aliphatic carbocycles. The van der Waals surface area contributed by atoms with Gasteiger partial charge >= 0.3 is 0 Å². The van der Waals surface area contributed by atoms with E-state index in [1.54, 1.807) is 0 Å². The third-order valence-corrected chi connectivity index (χ3v) is 7.12. The minimum Gasteiger partial charge on any atom is -0.378 e. The van der Waals surface area contributed by atoms with Crippen LogP contribution in [0.5, 0.6) is 0 Å². The number of hydrogen-bond acceptors (Lipinski definition) is 2. The average molecular weight is 373 g/mol. The van der Waals surface area contributed by atoms with E-state index >= 15 is 0 Å². The highest BCUT2D eigenvalue weighted by atomic mass is 32.1. The summed E-state index contributed by atoms with van der Waals surface area (Å²) in [7, 11) is 0. The molecule has 3 atom stereocenters. The molecule has 2 heterocycles. The van der Waals surface area contributed by atoms with Crippen molar-refractivity contribution in [3.63, 3.8) is 0 Å². The van der Waals surface area contributed by atoms with Gasteiger partial charge in [-0.1, -0.05) is 49.7 Å². The Morgan fingerprint density at radius 3 is 2.62 bits per heavy atom. The van der Waals surface area contributed by atoms with Gasteiger partial charge in [-0.15, -0.1) is 11.3 Å². The molecule has 2 nitrogen and oxygen atoms in total. The molecule has 0 amide bonds. The second-order valence-electron chi connectivity index (χ2n) is 8.33. The van der Waals surface area contributed by atoms with Crippen LogP contribution in [0.2, 0.25) is 0 Å². The molecule has 1 aliphatic heterocycles. The monoisotopic (exact) mass is 372 g/mol. The van der Waals surface area contributed by atoms with Crippen molar-refractivity contribution in [3.05, 3.63) is 57.8 Å². The van der Waals surface area contributed by atoms with Crippen LogP contribution in [0.25, 0.3) is 0 Å². The molecule has 3 rings (SSSR count). The molecular formula is C23H34NOS+. The zero-order valence-electron chi connectivity index (χ0n) is 16.7.